The Balaban J connectivity index is 1.89. The van der Waals surface area contributed by atoms with Crippen LogP contribution in [0.4, 0.5) is 0 Å². The van der Waals surface area contributed by atoms with Crippen LogP contribution >= 0.6 is 0 Å². The molecule has 116 valence electrons. The van der Waals surface area contributed by atoms with Crippen molar-refractivity contribution in [2.24, 2.45) is 0 Å². The van der Waals surface area contributed by atoms with Crippen LogP contribution < -0.4 is 0 Å². The first-order valence-corrected chi connectivity index (χ1v) is 9.13. The van der Waals surface area contributed by atoms with Gasteiger partial charge in [0.1, 0.15) is 0 Å². The molecule has 2 heterocycles. The average Bonchev–Trinajstić information content (AvgIpc) is 2.51. The Morgan fingerprint density at radius 1 is 0.700 bits per heavy atom. The highest BCUT2D eigenvalue weighted by Crippen LogP contribution is 2.42. The van der Waals surface area contributed by atoms with Crippen molar-refractivity contribution >= 4 is 0 Å². The van der Waals surface area contributed by atoms with Crippen LogP contribution in [-0.4, -0.2) is 40.1 Å². The van der Waals surface area contributed by atoms with E-state index in [1.807, 2.05) is 0 Å². The van der Waals surface area contributed by atoms with Gasteiger partial charge < -0.3 is 0 Å². The first-order chi connectivity index (χ1) is 9.59. The number of fused-ring (bicyclic) bond motifs is 3. The minimum Gasteiger partial charge on any atom is -0.283 e. The highest BCUT2D eigenvalue weighted by atomic mass is 15.5. The molecular weight excluding hydrogens is 244 g/mol. The molecular formula is C18H34N2. The van der Waals surface area contributed by atoms with Crippen molar-refractivity contribution in [1.82, 2.24) is 9.80 Å². The summed E-state index contributed by atoms with van der Waals surface area (Å²) in [6.45, 7) is 8.68. The Morgan fingerprint density at radius 2 is 1.30 bits per heavy atom. The Kier molecular flexibility index (Phi) is 4.42. The van der Waals surface area contributed by atoms with Gasteiger partial charge in [-0.3, -0.25) is 9.80 Å². The van der Waals surface area contributed by atoms with E-state index >= 15 is 0 Å². The zero-order chi connectivity index (χ0) is 14.2. The molecule has 0 spiro atoms. The zero-order valence-electron chi connectivity index (χ0n) is 13.9. The van der Waals surface area contributed by atoms with Crippen molar-refractivity contribution in [3.63, 3.8) is 0 Å². The lowest BCUT2D eigenvalue weighted by atomic mass is 9.97. The molecule has 2 nitrogen and oxygen atoms in total. The molecule has 0 bridgehead atoms. The third kappa shape index (κ3) is 2.78. The maximum absolute atomic E-state index is 2.93. The molecule has 0 aromatic rings. The van der Waals surface area contributed by atoms with E-state index in [0.717, 1.165) is 18.2 Å². The van der Waals surface area contributed by atoms with E-state index in [2.05, 4.69) is 30.6 Å². The van der Waals surface area contributed by atoms with Gasteiger partial charge in [-0.15, -0.1) is 0 Å². The monoisotopic (exact) mass is 278 g/mol. The molecule has 0 radical (unpaired) electrons. The van der Waals surface area contributed by atoms with E-state index in [-0.39, 0.29) is 0 Å². The summed E-state index contributed by atoms with van der Waals surface area (Å²) in [6.07, 6.45) is 15.2. The van der Waals surface area contributed by atoms with Gasteiger partial charge in [-0.05, 0) is 53.0 Å². The summed E-state index contributed by atoms with van der Waals surface area (Å²) in [7, 11) is 0. The molecule has 2 heteroatoms. The zero-order valence-corrected chi connectivity index (χ0v) is 13.9. The topological polar surface area (TPSA) is 6.48 Å². The standard InChI is InChI=1S/C18H34N2/c1-18(2,3)20-16-12-8-6-7-11-15(16)19-14-10-5-4-9-13-17(19)20/h15-17H,4-14H2,1-3H3. The van der Waals surface area contributed by atoms with Gasteiger partial charge in [0, 0.05) is 17.6 Å². The average molecular weight is 278 g/mol. The van der Waals surface area contributed by atoms with Crippen molar-refractivity contribution in [2.75, 3.05) is 6.54 Å². The summed E-state index contributed by atoms with van der Waals surface area (Å²) >= 11 is 0. The molecule has 0 aromatic carbocycles. The molecule has 1 saturated carbocycles. The second-order valence-electron chi connectivity index (χ2n) is 8.27. The van der Waals surface area contributed by atoms with Crippen LogP contribution in [0.1, 0.15) is 85.0 Å². The minimum absolute atomic E-state index is 0.325. The second-order valence-corrected chi connectivity index (χ2v) is 8.27. The van der Waals surface area contributed by atoms with E-state index in [4.69, 9.17) is 0 Å². The smallest absolute Gasteiger partial charge is 0.0632 e. The largest absolute Gasteiger partial charge is 0.283 e. The first kappa shape index (κ1) is 14.8. The molecule has 2 aliphatic heterocycles. The summed E-state index contributed by atoms with van der Waals surface area (Å²) in [4.78, 5) is 5.86. The molecule has 3 fully saturated rings. The summed E-state index contributed by atoms with van der Waals surface area (Å²) in [5.41, 5.74) is 0.325. The number of hydrogen-bond acceptors (Lipinski definition) is 2. The Morgan fingerprint density at radius 3 is 2.05 bits per heavy atom. The van der Waals surface area contributed by atoms with Crippen LogP contribution in [-0.2, 0) is 0 Å². The fourth-order valence-electron chi connectivity index (χ4n) is 5.12. The first-order valence-electron chi connectivity index (χ1n) is 9.13. The van der Waals surface area contributed by atoms with Crippen molar-refractivity contribution in [3.05, 3.63) is 0 Å². The maximum Gasteiger partial charge on any atom is 0.0632 e. The molecule has 3 unspecified atom stereocenters. The van der Waals surface area contributed by atoms with Gasteiger partial charge >= 0.3 is 0 Å². The third-order valence-electron chi connectivity index (χ3n) is 5.83. The summed E-state index contributed by atoms with van der Waals surface area (Å²) in [6, 6.07) is 1.69. The van der Waals surface area contributed by atoms with Crippen LogP contribution in [0.2, 0.25) is 0 Å². The molecule has 20 heavy (non-hydrogen) atoms. The van der Waals surface area contributed by atoms with E-state index in [0.29, 0.717) is 5.54 Å². The fourth-order valence-corrected chi connectivity index (χ4v) is 5.12. The van der Waals surface area contributed by atoms with Gasteiger partial charge in [0.25, 0.3) is 0 Å². The normalized spacial score (nSPS) is 37.6. The minimum atomic E-state index is 0.325. The van der Waals surface area contributed by atoms with Gasteiger partial charge in [-0.25, -0.2) is 0 Å². The molecule has 3 rings (SSSR count). The second kappa shape index (κ2) is 5.96. The van der Waals surface area contributed by atoms with Crippen molar-refractivity contribution < 1.29 is 0 Å². The van der Waals surface area contributed by atoms with Gasteiger partial charge in [-0.1, -0.05) is 38.5 Å². The van der Waals surface area contributed by atoms with Crippen LogP contribution in [0.5, 0.6) is 0 Å². The van der Waals surface area contributed by atoms with Crippen molar-refractivity contribution in [3.8, 4) is 0 Å². The lowest BCUT2D eigenvalue weighted by molar-refractivity contribution is 0.0243. The SMILES string of the molecule is CC(C)(C)N1C2CCCCCC2N2CCCCCCC21. The summed E-state index contributed by atoms with van der Waals surface area (Å²) in [5, 5.41) is 0. The molecule has 2 saturated heterocycles. The van der Waals surface area contributed by atoms with E-state index in [1.165, 1.54) is 70.8 Å². The highest BCUT2D eigenvalue weighted by molar-refractivity contribution is 5.03. The molecule has 0 amide bonds. The van der Waals surface area contributed by atoms with Crippen LogP contribution in [0.25, 0.3) is 0 Å². The number of rotatable bonds is 0. The molecule has 3 atom stereocenters. The van der Waals surface area contributed by atoms with Crippen LogP contribution in [0.15, 0.2) is 0 Å². The Bertz CT molecular complexity index is 320. The van der Waals surface area contributed by atoms with E-state index in [1.54, 1.807) is 0 Å². The lowest BCUT2D eigenvalue weighted by Crippen LogP contribution is -2.51. The van der Waals surface area contributed by atoms with E-state index in [9.17, 15) is 0 Å². The van der Waals surface area contributed by atoms with Gasteiger partial charge in [0.15, 0.2) is 0 Å². The molecule has 3 aliphatic rings. The van der Waals surface area contributed by atoms with Gasteiger partial charge in [-0.2, -0.15) is 0 Å². The maximum atomic E-state index is 2.93. The summed E-state index contributed by atoms with van der Waals surface area (Å²) < 4.78 is 0. The van der Waals surface area contributed by atoms with Gasteiger partial charge in [0.2, 0.25) is 0 Å². The molecule has 0 N–H and O–H groups in total. The van der Waals surface area contributed by atoms with Crippen LogP contribution in [0.3, 0.4) is 0 Å². The Hall–Kier alpha value is -0.0800. The van der Waals surface area contributed by atoms with Crippen LogP contribution in [0, 0.1) is 0 Å². The fraction of sp³-hybridized carbons (Fsp3) is 1.00. The third-order valence-corrected chi connectivity index (χ3v) is 5.83. The summed E-state index contributed by atoms with van der Waals surface area (Å²) in [5.74, 6) is 0. The van der Waals surface area contributed by atoms with Gasteiger partial charge in [0.05, 0.1) is 6.17 Å². The molecule has 1 aliphatic carbocycles. The van der Waals surface area contributed by atoms with Crippen molar-refractivity contribution in [2.45, 2.75) is 109 Å². The lowest BCUT2D eigenvalue weighted by Gasteiger charge is -2.42. The quantitative estimate of drug-likeness (QED) is 0.648. The highest BCUT2D eigenvalue weighted by Gasteiger charge is 2.49. The number of nitrogens with zero attached hydrogens (tertiary/aromatic N) is 2. The number of hydrogen-bond donors (Lipinski definition) is 0. The van der Waals surface area contributed by atoms with E-state index < -0.39 is 0 Å². The molecule has 0 aromatic heterocycles. The predicted molar refractivity (Wildman–Crippen MR) is 85.8 cm³/mol. The predicted octanol–water partition coefficient (Wildman–Crippen LogP) is 4.39. The van der Waals surface area contributed by atoms with Crippen molar-refractivity contribution in [1.29, 1.82) is 0 Å². The Labute approximate surface area is 125 Å².